The van der Waals surface area contributed by atoms with E-state index >= 15 is 0 Å². The summed E-state index contributed by atoms with van der Waals surface area (Å²) in [5.74, 6) is -0.0326. The van der Waals surface area contributed by atoms with E-state index < -0.39 is 11.9 Å². The van der Waals surface area contributed by atoms with E-state index in [1.807, 2.05) is 38.1 Å². The Morgan fingerprint density at radius 3 is 2.90 bits per heavy atom. The second kappa shape index (κ2) is 9.04. The highest BCUT2D eigenvalue weighted by Gasteiger charge is 2.39. The molecule has 4 rings (SSSR count). The number of hydrogen-bond acceptors (Lipinski definition) is 6. The molecule has 0 spiro atoms. The Bertz CT molecular complexity index is 895. The monoisotopic (exact) mass is 411 g/mol. The maximum absolute atomic E-state index is 13.2. The molecule has 0 unspecified atom stereocenters. The number of Topliss-reactive ketones (excluding diaryl/α,β-unsaturated/α-hetero) is 1. The molecule has 3 aliphatic rings. The molecule has 1 N–H and O–H groups in total. The molecule has 0 radical (unpaired) electrons. The van der Waals surface area contributed by atoms with Crippen LogP contribution in [0.4, 0.5) is 0 Å². The molecule has 30 heavy (non-hydrogen) atoms. The van der Waals surface area contributed by atoms with Gasteiger partial charge in [-0.25, -0.2) is 4.79 Å². The van der Waals surface area contributed by atoms with Crippen LogP contribution in [-0.2, 0) is 19.1 Å². The topological polar surface area (TPSA) is 73.9 Å². The quantitative estimate of drug-likeness (QED) is 0.719. The molecule has 6 heteroatoms. The van der Waals surface area contributed by atoms with Crippen molar-refractivity contribution in [2.45, 2.75) is 58.0 Å². The number of dihydropyridines is 1. The van der Waals surface area contributed by atoms with Crippen LogP contribution in [0.5, 0.6) is 5.75 Å². The number of ketones is 1. The number of carbonyl (C=O) groups excluding carboxylic acids is 2. The SMILES string of the molecule is CCOc1cccc([C@@H]2C(C(=O)OC[C@@H]3CCCO3)=C(C)NC3=C2C(=O)CCC3)c1. The first-order chi connectivity index (χ1) is 14.6. The first kappa shape index (κ1) is 20.7. The highest BCUT2D eigenvalue weighted by molar-refractivity contribution is 6.03. The second-order valence-corrected chi connectivity index (χ2v) is 8.00. The van der Waals surface area contributed by atoms with E-state index in [0.29, 0.717) is 30.8 Å². The summed E-state index contributed by atoms with van der Waals surface area (Å²) in [5.41, 5.74) is 3.72. The highest BCUT2D eigenvalue weighted by Crippen LogP contribution is 2.43. The molecule has 0 amide bonds. The molecule has 0 bridgehead atoms. The molecule has 0 saturated carbocycles. The van der Waals surface area contributed by atoms with Crippen LogP contribution in [0.15, 0.2) is 46.8 Å². The van der Waals surface area contributed by atoms with Crippen molar-refractivity contribution in [1.82, 2.24) is 5.32 Å². The van der Waals surface area contributed by atoms with Gasteiger partial charge in [-0.1, -0.05) is 12.1 Å². The van der Waals surface area contributed by atoms with Crippen LogP contribution in [0.2, 0.25) is 0 Å². The standard InChI is InChI=1S/C24H29NO5/c1-3-28-17-8-4-7-16(13-17)22-21(24(27)30-14-18-9-6-12-29-18)15(2)25-19-10-5-11-20(26)23(19)22/h4,7-8,13,18,22,25H,3,5-6,9-12,14H2,1-2H3/t18-,22+/m0/s1. The Kier molecular flexibility index (Phi) is 6.23. The molecule has 2 heterocycles. The van der Waals surface area contributed by atoms with Crippen LogP contribution in [0.1, 0.15) is 57.4 Å². The number of benzene rings is 1. The maximum Gasteiger partial charge on any atom is 0.336 e. The van der Waals surface area contributed by atoms with Crippen LogP contribution < -0.4 is 10.1 Å². The van der Waals surface area contributed by atoms with Gasteiger partial charge in [0.25, 0.3) is 0 Å². The van der Waals surface area contributed by atoms with Gasteiger partial charge in [0.2, 0.25) is 0 Å². The Morgan fingerprint density at radius 2 is 2.13 bits per heavy atom. The Labute approximate surface area is 177 Å². The summed E-state index contributed by atoms with van der Waals surface area (Å²) < 4.78 is 16.9. The first-order valence-corrected chi connectivity index (χ1v) is 10.8. The summed E-state index contributed by atoms with van der Waals surface area (Å²) in [6.07, 6.45) is 3.97. The molecule has 1 fully saturated rings. The van der Waals surface area contributed by atoms with Crippen LogP contribution >= 0.6 is 0 Å². The molecule has 1 aliphatic carbocycles. The Balaban J connectivity index is 1.70. The summed E-state index contributed by atoms with van der Waals surface area (Å²) in [6, 6.07) is 7.66. The lowest BCUT2D eigenvalue weighted by atomic mass is 9.75. The lowest BCUT2D eigenvalue weighted by molar-refractivity contribution is -0.142. The van der Waals surface area contributed by atoms with Crippen molar-refractivity contribution in [3.8, 4) is 5.75 Å². The number of carbonyl (C=O) groups is 2. The van der Waals surface area contributed by atoms with Gasteiger partial charge in [0.1, 0.15) is 12.4 Å². The normalized spacial score (nSPS) is 23.9. The minimum Gasteiger partial charge on any atom is -0.494 e. The third-order valence-corrected chi connectivity index (χ3v) is 5.92. The van der Waals surface area contributed by atoms with Gasteiger partial charge in [0.15, 0.2) is 5.78 Å². The van der Waals surface area contributed by atoms with E-state index in [2.05, 4.69) is 5.32 Å². The van der Waals surface area contributed by atoms with Gasteiger partial charge in [0.05, 0.1) is 18.3 Å². The lowest BCUT2D eigenvalue weighted by Gasteiger charge is -2.34. The molecule has 1 aromatic carbocycles. The van der Waals surface area contributed by atoms with Gasteiger partial charge in [-0.05, 0) is 57.2 Å². The van der Waals surface area contributed by atoms with Crippen molar-refractivity contribution in [2.24, 2.45) is 0 Å². The predicted molar refractivity (Wildman–Crippen MR) is 112 cm³/mol. The smallest absolute Gasteiger partial charge is 0.336 e. The molecular formula is C24H29NO5. The van der Waals surface area contributed by atoms with Crippen LogP contribution in [0, 0.1) is 0 Å². The van der Waals surface area contributed by atoms with Gasteiger partial charge in [0, 0.05) is 35.9 Å². The van der Waals surface area contributed by atoms with Crippen molar-refractivity contribution in [1.29, 1.82) is 0 Å². The fraction of sp³-hybridized carbons (Fsp3) is 0.500. The summed E-state index contributed by atoms with van der Waals surface area (Å²) in [5, 5.41) is 3.32. The van der Waals surface area contributed by atoms with Gasteiger partial charge >= 0.3 is 5.97 Å². The second-order valence-electron chi connectivity index (χ2n) is 8.00. The third-order valence-electron chi connectivity index (χ3n) is 5.92. The Morgan fingerprint density at radius 1 is 1.27 bits per heavy atom. The van der Waals surface area contributed by atoms with Crippen molar-refractivity contribution in [2.75, 3.05) is 19.8 Å². The number of esters is 1. The van der Waals surface area contributed by atoms with E-state index in [-0.39, 0.29) is 18.5 Å². The number of rotatable bonds is 6. The van der Waals surface area contributed by atoms with Gasteiger partial charge < -0.3 is 19.5 Å². The zero-order valence-corrected chi connectivity index (χ0v) is 17.7. The summed E-state index contributed by atoms with van der Waals surface area (Å²) in [6.45, 7) is 5.31. The van der Waals surface area contributed by atoms with E-state index in [1.165, 1.54) is 0 Å². The molecule has 160 valence electrons. The molecule has 2 atom stereocenters. The number of nitrogens with one attached hydrogen (secondary N) is 1. The minimum atomic E-state index is -0.452. The van der Waals surface area contributed by atoms with E-state index in [4.69, 9.17) is 14.2 Å². The first-order valence-electron chi connectivity index (χ1n) is 10.8. The van der Waals surface area contributed by atoms with Gasteiger partial charge in [-0.15, -0.1) is 0 Å². The van der Waals surface area contributed by atoms with E-state index in [0.717, 1.165) is 48.4 Å². The van der Waals surface area contributed by atoms with Crippen molar-refractivity contribution in [3.63, 3.8) is 0 Å². The summed E-state index contributed by atoms with van der Waals surface area (Å²) in [7, 11) is 0. The van der Waals surface area contributed by atoms with Crippen molar-refractivity contribution >= 4 is 11.8 Å². The lowest BCUT2D eigenvalue weighted by Crippen LogP contribution is -2.35. The fourth-order valence-electron chi connectivity index (χ4n) is 4.56. The van der Waals surface area contributed by atoms with Crippen LogP contribution in [-0.4, -0.2) is 37.7 Å². The Hall–Kier alpha value is -2.60. The number of hydrogen-bond donors (Lipinski definition) is 1. The van der Waals surface area contributed by atoms with Crippen LogP contribution in [0.25, 0.3) is 0 Å². The van der Waals surface area contributed by atoms with Gasteiger partial charge in [-0.2, -0.15) is 0 Å². The van der Waals surface area contributed by atoms with Crippen molar-refractivity contribution in [3.05, 3.63) is 52.4 Å². The molecule has 6 nitrogen and oxygen atoms in total. The predicted octanol–water partition coefficient (Wildman–Crippen LogP) is 3.78. The number of ether oxygens (including phenoxy) is 3. The number of allylic oxidation sites excluding steroid dienone is 3. The molecule has 0 aromatic heterocycles. The fourth-order valence-corrected chi connectivity index (χ4v) is 4.56. The molecule has 2 aliphatic heterocycles. The minimum absolute atomic E-state index is 0.0442. The summed E-state index contributed by atoms with van der Waals surface area (Å²) in [4.78, 5) is 26.1. The molecule has 1 saturated heterocycles. The van der Waals surface area contributed by atoms with E-state index in [1.54, 1.807) is 0 Å². The maximum atomic E-state index is 13.2. The van der Waals surface area contributed by atoms with Crippen molar-refractivity contribution < 1.29 is 23.8 Å². The zero-order chi connectivity index (χ0) is 21.1. The molecular weight excluding hydrogens is 382 g/mol. The van der Waals surface area contributed by atoms with Crippen LogP contribution in [0.3, 0.4) is 0 Å². The third kappa shape index (κ3) is 4.15. The average molecular weight is 411 g/mol. The highest BCUT2D eigenvalue weighted by atomic mass is 16.6. The molecule has 1 aromatic rings. The van der Waals surface area contributed by atoms with Gasteiger partial charge in [-0.3, -0.25) is 4.79 Å². The van der Waals surface area contributed by atoms with E-state index in [9.17, 15) is 9.59 Å². The summed E-state index contributed by atoms with van der Waals surface area (Å²) >= 11 is 0. The average Bonchev–Trinajstić information content (AvgIpc) is 3.25. The largest absolute Gasteiger partial charge is 0.494 e. The zero-order valence-electron chi connectivity index (χ0n) is 17.7.